The van der Waals surface area contributed by atoms with Gasteiger partial charge in [0.2, 0.25) is 0 Å². The van der Waals surface area contributed by atoms with E-state index in [0.29, 0.717) is 50.5 Å². The van der Waals surface area contributed by atoms with Gasteiger partial charge in [0, 0.05) is 37.7 Å². The van der Waals surface area contributed by atoms with Crippen LogP contribution in [-0.2, 0) is 19.1 Å². The molecule has 0 N–H and O–H groups in total. The van der Waals surface area contributed by atoms with Crippen LogP contribution in [0.15, 0.2) is 23.2 Å². The van der Waals surface area contributed by atoms with E-state index < -0.39 is 0 Å². The number of ether oxygens (including phenoxy) is 2. The Hall–Kier alpha value is -1.70. The second kappa shape index (κ2) is 8.33. The lowest BCUT2D eigenvalue weighted by atomic mass is 10.1. The number of rotatable bonds is 7. The summed E-state index contributed by atoms with van der Waals surface area (Å²) in [5, 5.41) is 1.93. The molecule has 142 valence electrons. The molecule has 26 heavy (non-hydrogen) atoms. The highest BCUT2D eigenvalue weighted by atomic mass is 32.1. The first kappa shape index (κ1) is 19.1. The van der Waals surface area contributed by atoms with Crippen LogP contribution >= 0.6 is 11.3 Å². The first-order valence-electron chi connectivity index (χ1n) is 9.15. The lowest BCUT2D eigenvalue weighted by molar-refractivity contribution is -0.138. The molecule has 2 aliphatic heterocycles. The SMILES string of the molecule is CCOCCCN1C(=O)C(c2cccs2)=C(N2CC(C)OC(C)C2)C1=O. The van der Waals surface area contributed by atoms with E-state index in [9.17, 15) is 9.59 Å². The molecule has 3 rings (SSSR count). The van der Waals surface area contributed by atoms with Crippen LogP contribution in [0.2, 0.25) is 0 Å². The topological polar surface area (TPSA) is 59.1 Å². The Morgan fingerprint density at radius 1 is 1.23 bits per heavy atom. The molecule has 1 aromatic rings. The van der Waals surface area contributed by atoms with Crippen molar-refractivity contribution in [2.24, 2.45) is 0 Å². The standard InChI is InChI=1S/C19H26N2O4S/c1-4-24-9-6-8-21-18(22)16(15-7-5-10-26-15)17(19(21)23)20-11-13(2)25-14(3)12-20/h5,7,10,13-14H,4,6,8-9,11-12H2,1-3H3. The second-order valence-electron chi connectivity index (χ2n) is 6.68. The second-order valence-corrected chi connectivity index (χ2v) is 7.62. The summed E-state index contributed by atoms with van der Waals surface area (Å²) in [6.07, 6.45) is 0.683. The fraction of sp³-hybridized carbons (Fsp3) is 0.579. The van der Waals surface area contributed by atoms with Crippen molar-refractivity contribution < 1.29 is 19.1 Å². The van der Waals surface area contributed by atoms with Crippen LogP contribution in [0.25, 0.3) is 5.57 Å². The van der Waals surface area contributed by atoms with Crippen molar-refractivity contribution in [3.8, 4) is 0 Å². The predicted octanol–water partition coefficient (Wildman–Crippen LogP) is 2.36. The van der Waals surface area contributed by atoms with Crippen LogP contribution in [-0.4, -0.2) is 66.7 Å². The molecule has 2 unspecified atom stereocenters. The predicted molar refractivity (Wildman–Crippen MR) is 101 cm³/mol. The molecule has 7 heteroatoms. The summed E-state index contributed by atoms with van der Waals surface area (Å²) >= 11 is 1.49. The van der Waals surface area contributed by atoms with Gasteiger partial charge >= 0.3 is 0 Å². The van der Waals surface area contributed by atoms with E-state index in [-0.39, 0.29) is 24.0 Å². The van der Waals surface area contributed by atoms with Gasteiger partial charge < -0.3 is 14.4 Å². The van der Waals surface area contributed by atoms with Crippen molar-refractivity contribution in [2.75, 3.05) is 32.8 Å². The number of amides is 2. The van der Waals surface area contributed by atoms with Crippen LogP contribution in [0.1, 0.15) is 32.1 Å². The van der Waals surface area contributed by atoms with E-state index in [4.69, 9.17) is 9.47 Å². The number of nitrogens with zero attached hydrogens (tertiary/aromatic N) is 2. The Morgan fingerprint density at radius 3 is 2.58 bits per heavy atom. The minimum atomic E-state index is -0.198. The van der Waals surface area contributed by atoms with Gasteiger partial charge in [-0.25, -0.2) is 0 Å². The minimum Gasteiger partial charge on any atom is -0.382 e. The van der Waals surface area contributed by atoms with Crippen molar-refractivity contribution in [1.29, 1.82) is 0 Å². The van der Waals surface area contributed by atoms with Gasteiger partial charge in [-0.15, -0.1) is 11.3 Å². The molecule has 6 nitrogen and oxygen atoms in total. The average molecular weight is 378 g/mol. The number of carbonyl (C=O) groups excluding carboxylic acids is 2. The summed E-state index contributed by atoms with van der Waals surface area (Å²) in [5.74, 6) is -0.396. The Bertz CT molecular complexity index is 676. The highest BCUT2D eigenvalue weighted by molar-refractivity contribution is 7.11. The Labute approximate surface area is 158 Å². The summed E-state index contributed by atoms with van der Waals surface area (Å²) in [6, 6.07) is 3.81. The summed E-state index contributed by atoms with van der Waals surface area (Å²) < 4.78 is 11.1. The molecule has 0 aliphatic carbocycles. The third-order valence-electron chi connectivity index (χ3n) is 4.52. The van der Waals surface area contributed by atoms with Gasteiger partial charge in [0.15, 0.2) is 0 Å². The summed E-state index contributed by atoms with van der Waals surface area (Å²) in [4.78, 5) is 30.4. The average Bonchev–Trinajstić information content (AvgIpc) is 3.18. The van der Waals surface area contributed by atoms with Crippen molar-refractivity contribution >= 4 is 28.7 Å². The van der Waals surface area contributed by atoms with Crippen LogP contribution < -0.4 is 0 Å². The van der Waals surface area contributed by atoms with E-state index in [1.165, 1.54) is 16.2 Å². The van der Waals surface area contributed by atoms with Crippen LogP contribution in [0.4, 0.5) is 0 Å². The Balaban J connectivity index is 1.88. The quantitative estimate of drug-likeness (QED) is 0.539. The maximum Gasteiger partial charge on any atom is 0.277 e. The maximum atomic E-state index is 13.1. The number of hydrogen-bond donors (Lipinski definition) is 0. The molecule has 3 heterocycles. The molecule has 2 atom stereocenters. The molecule has 0 saturated carbocycles. The largest absolute Gasteiger partial charge is 0.382 e. The molecule has 1 saturated heterocycles. The maximum absolute atomic E-state index is 13.1. The summed E-state index contributed by atoms with van der Waals surface area (Å²) in [7, 11) is 0. The van der Waals surface area contributed by atoms with E-state index in [0.717, 1.165) is 4.88 Å². The zero-order valence-corrected chi connectivity index (χ0v) is 16.4. The van der Waals surface area contributed by atoms with Crippen LogP contribution in [0.5, 0.6) is 0 Å². The molecule has 0 spiro atoms. The molecule has 2 amide bonds. The van der Waals surface area contributed by atoms with Crippen molar-refractivity contribution in [3.05, 3.63) is 28.1 Å². The minimum absolute atomic E-state index is 0.0192. The first-order valence-corrected chi connectivity index (χ1v) is 10.0. The van der Waals surface area contributed by atoms with Gasteiger partial charge in [0.25, 0.3) is 11.8 Å². The normalized spacial score (nSPS) is 24.1. The molecule has 0 radical (unpaired) electrons. The first-order chi connectivity index (χ1) is 12.5. The lowest BCUT2D eigenvalue weighted by Crippen LogP contribution is -2.47. The monoisotopic (exact) mass is 378 g/mol. The number of morpholine rings is 1. The third-order valence-corrected chi connectivity index (χ3v) is 5.41. The number of carbonyl (C=O) groups is 2. The summed E-state index contributed by atoms with van der Waals surface area (Å²) in [5.41, 5.74) is 1.05. The fourth-order valence-corrected chi connectivity index (χ4v) is 4.29. The molecular formula is C19H26N2O4S. The molecule has 1 fully saturated rings. The number of imide groups is 1. The van der Waals surface area contributed by atoms with E-state index in [2.05, 4.69) is 0 Å². The molecular weight excluding hydrogens is 352 g/mol. The molecule has 0 aromatic carbocycles. The fourth-order valence-electron chi connectivity index (χ4n) is 3.53. The van der Waals surface area contributed by atoms with Crippen LogP contribution in [0.3, 0.4) is 0 Å². The van der Waals surface area contributed by atoms with E-state index in [1.54, 1.807) is 0 Å². The zero-order valence-electron chi connectivity index (χ0n) is 15.6. The van der Waals surface area contributed by atoms with Crippen molar-refractivity contribution in [2.45, 2.75) is 39.4 Å². The van der Waals surface area contributed by atoms with Gasteiger partial charge in [0.05, 0.1) is 17.8 Å². The molecule has 0 bridgehead atoms. The molecule has 2 aliphatic rings. The molecule has 1 aromatic heterocycles. The number of thiophene rings is 1. The third kappa shape index (κ3) is 3.84. The zero-order chi connectivity index (χ0) is 18.7. The van der Waals surface area contributed by atoms with Gasteiger partial charge in [0.1, 0.15) is 5.70 Å². The Morgan fingerprint density at radius 2 is 1.96 bits per heavy atom. The van der Waals surface area contributed by atoms with Crippen LogP contribution in [0, 0.1) is 0 Å². The highest BCUT2D eigenvalue weighted by Gasteiger charge is 2.43. The summed E-state index contributed by atoms with van der Waals surface area (Å²) in [6.45, 7) is 8.70. The van der Waals surface area contributed by atoms with Gasteiger partial charge in [-0.05, 0) is 38.6 Å². The lowest BCUT2D eigenvalue weighted by Gasteiger charge is -2.37. The van der Waals surface area contributed by atoms with Gasteiger partial charge in [-0.3, -0.25) is 14.5 Å². The number of hydrogen-bond acceptors (Lipinski definition) is 6. The van der Waals surface area contributed by atoms with E-state index in [1.807, 2.05) is 43.2 Å². The van der Waals surface area contributed by atoms with Crippen molar-refractivity contribution in [3.63, 3.8) is 0 Å². The highest BCUT2D eigenvalue weighted by Crippen LogP contribution is 2.35. The van der Waals surface area contributed by atoms with Gasteiger partial charge in [-0.1, -0.05) is 6.07 Å². The van der Waals surface area contributed by atoms with Crippen molar-refractivity contribution in [1.82, 2.24) is 9.80 Å². The van der Waals surface area contributed by atoms with E-state index >= 15 is 0 Å². The Kier molecular flexibility index (Phi) is 6.11. The van der Waals surface area contributed by atoms with Gasteiger partial charge in [-0.2, -0.15) is 0 Å². The smallest absolute Gasteiger partial charge is 0.277 e.